The van der Waals surface area contributed by atoms with Gasteiger partial charge in [0.05, 0.1) is 11.5 Å². The Morgan fingerprint density at radius 1 is 1.12 bits per heavy atom. The summed E-state index contributed by atoms with van der Waals surface area (Å²) < 4.78 is 9.89. The Kier molecular flexibility index (Phi) is 10.5. The van der Waals surface area contributed by atoms with Gasteiger partial charge in [0.25, 0.3) is 0 Å². The van der Waals surface area contributed by atoms with Crippen LogP contribution in [-0.2, 0) is 19.1 Å². The maximum Gasteiger partial charge on any atom is 0.316 e. The molecule has 0 aromatic rings. The molecule has 0 saturated carbocycles. The van der Waals surface area contributed by atoms with Gasteiger partial charge in [-0.05, 0) is 19.3 Å². The number of carbonyl (C=O) groups excluding carboxylic acids is 2. The normalized spacial score (nSPS) is 11.9. The van der Waals surface area contributed by atoms with E-state index in [0.29, 0.717) is 19.3 Å². The highest BCUT2D eigenvalue weighted by Gasteiger charge is 2.15. The largest absolute Gasteiger partial charge is 0.461 e. The van der Waals surface area contributed by atoms with E-state index in [1.54, 1.807) is 0 Å². The molecule has 17 heavy (non-hydrogen) atoms. The SMILES string of the molecule is O=C(CS)OCC(CCCCO)OC(=O)CS. The Hall–Kier alpha value is -0.400. The molecular weight excluding hydrogens is 264 g/mol. The molecule has 0 amide bonds. The Labute approximate surface area is 112 Å². The van der Waals surface area contributed by atoms with Crippen molar-refractivity contribution in [3.8, 4) is 0 Å². The molecule has 0 heterocycles. The number of carbonyl (C=O) groups is 2. The van der Waals surface area contributed by atoms with Crippen molar-refractivity contribution in [2.45, 2.75) is 25.4 Å². The van der Waals surface area contributed by atoms with Crippen molar-refractivity contribution in [1.29, 1.82) is 0 Å². The van der Waals surface area contributed by atoms with Crippen LogP contribution in [-0.4, -0.2) is 47.9 Å². The first-order valence-electron chi connectivity index (χ1n) is 5.31. The van der Waals surface area contributed by atoms with Crippen LogP contribution in [0.2, 0.25) is 0 Å². The van der Waals surface area contributed by atoms with Crippen LogP contribution in [0.1, 0.15) is 19.3 Å². The summed E-state index contributed by atoms with van der Waals surface area (Å²) in [4.78, 5) is 22.0. The molecule has 0 radical (unpaired) electrons. The third-order valence-corrected chi connectivity index (χ3v) is 2.44. The molecule has 0 aromatic heterocycles. The van der Waals surface area contributed by atoms with Gasteiger partial charge in [0.15, 0.2) is 0 Å². The van der Waals surface area contributed by atoms with Crippen LogP contribution in [0, 0.1) is 0 Å². The van der Waals surface area contributed by atoms with Gasteiger partial charge < -0.3 is 14.6 Å². The van der Waals surface area contributed by atoms with Crippen LogP contribution in [0.15, 0.2) is 0 Å². The number of ether oxygens (including phenoxy) is 2. The van der Waals surface area contributed by atoms with Crippen molar-refractivity contribution >= 4 is 37.2 Å². The van der Waals surface area contributed by atoms with E-state index < -0.39 is 18.0 Å². The van der Waals surface area contributed by atoms with Crippen molar-refractivity contribution in [2.24, 2.45) is 0 Å². The Morgan fingerprint density at radius 2 is 1.76 bits per heavy atom. The lowest BCUT2D eigenvalue weighted by atomic mass is 10.1. The number of hydrogen-bond donors (Lipinski definition) is 3. The van der Waals surface area contributed by atoms with Crippen LogP contribution < -0.4 is 0 Å². The summed E-state index contributed by atoms with van der Waals surface area (Å²) in [7, 11) is 0. The lowest BCUT2D eigenvalue weighted by Gasteiger charge is -2.17. The van der Waals surface area contributed by atoms with E-state index >= 15 is 0 Å². The molecule has 1 atom stereocenters. The van der Waals surface area contributed by atoms with Crippen LogP contribution >= 0.6 is 25.3 Å². The second-order valence-electron chi connectivity index (χ2n) is 3.33. The minimum Gasteiger partial charge on any atom is -0.461 e. The summed E-state index contributed by atoms with van der Waals surface area (Å²) in [5.41, 5.74) is 0. The van der Waals surface area contributed by atoms with E-state index in [4.69, 9.17) is 14.6 Å². The maximum absolute atomic E-state index is 11.1. The molecule has 0 aromatic carbocycles. The number of hydrogen-bond acceptors (Lipinski definition) is 7. The minimum absolute atomic E-state index is 0.0100. The van der Waals surface area contributed by atoms with E-state index in [2.05, 4.69) is 25.3 Å². The number of rotatable bonds is 9. The quantitative estimate of drug-likeness (QED) is 0.326. The molecule has 0 bridgehead atoms. The van der Waals surface area contributed by atoms with Crippen LogP contribution in [0.3, 0.4) is 0 Å². The lowest BCUT2D eigenvalue weighted by Crippen LogP contribution is -2.26. The molecule has 1 unspecified atom stereocenters. The lowest BCUT2D eigenvalue weighted by molar-refractivity contribution is -0.156. The molecule has 0 aliphatic rings. The van der Waals surface area contributed by atoms with Crippen LogP contribution in [0.5, 0.6) is 0 Å². The summed E-state index contributed by atoms with van der Waals surface area (Å²) in [6, 6.07) is 0. The molecule has 0 aliphatic heterocycles. The van der Waals surface area contributed by atoms with Crippen LogP contribution in [0.25, 0.3) is 0 Å². The zero-order valence-corrected chi connectivity index (χ0v) is 11.3. The van der Waals surface area contributed by atoms with Gasteiger partial charge in [-0.1, -0.05) is 0 Å². The van der Waals surface area contributed by atoms with Gasteiger partial charge >= 0.3 is 11.9 Å². The monoisotopic (exact) mass is 282 g/mol. The Morgan fingerprint density at radius 3 is 2.29 bits per heavy atom. The predicted octanol–water partition coefficient (Wildman–Crippen LogP) is 0.464. The highest BCUT2D eigenvalue weighted by atomic mass is 32.1. The highest BCUT2D eigenvalue weighted by Crippen LogP contribution is 2.07. The number of aliphatic hydroxyl groups is 1. The summed E-state index contributed by atoms with van der Waals surface area (Å²) in [5.74, 6) is -0.937. The molecule has 0 spiro atoms. The van der Waals surface area contributed by atoms with Gasteiger partial charge in [0, 0.05) is 6.61 Å². The summed E-state index contributed by atoms with van der Waals surface area (Å²) in [5, 5.41) is 8.65. The van der Waals surface area contributed by atoms with Gasteiger partial charge in [0.1, 0.15) is 12.7 Å². The first-order valence-corrected chi connectivity index (χ1v) is 6.58. The number of thiol groups is 2. The fourth-order valence-corrected chi connectivity index (χ4v) is 1.28. The number of aliphatic hydroxyl groups excluding tert-OH is 1. The zero-order chi connectivity index (χ0) is 13.1. The second kappa shape index (κ2) is 10.7. The molecule has 0 fully saturated rings. The van der Waals surface area contributed by atoms with E-state index in [1.165, 1.54) is 0 Å². The summed E-state index contributed by atoms with van der Waals surface area (Å²) in [6.45, 7) is 0.105. The van der Waals surface area contributed by atoms with Gasteiger partial charge in [-0.3, -0.25) is 9.59 Å². The van der Waals surface area contributed by atoms with Crippen molar-refractivity contribution in [2.75, 3.05) is 24.7 Å². The van der Waals surface area contributed by atoms with Gasteiger partial charge in [-0.2, -0.15) is 25.3 Å². The number of esters is 2. The van der Waals surface area contributed by atoms with E-state index in [-0.39, 0.29) is 24.7 Å². The molecule has 5 nitrogen and oxygen atoms in total. The Balaban J connectivity index is 4.00. The second-order valence-corrected chi connectivity index (χ2v) is 3.96. The number of unbranched alkanes of at least 4 members (excludes halogenated alkanes) is 1. The first kappa shape index (κ1) is 16.6. The third-order valence-electron chi connectivity index (χ3n) is 1.92. The van der Waals surface area contributed by atoms with E-state index in [9.17, 15) is 9.59 Å². The van der Waals surface area contributed by atoms with Crippen molar-refractivity contribution in [3.63, 3.8) is 0 Å². The minimum atomic E-state index is -0.481. The summed E-state index contributed by atoms with van der Waals surface area (Å²) in [6.07, 6.45) is 1.37. The van der Waals surface area contributed by atoms with Crippen molar-refractivity contribution < 1.29 is 24.2 Å². The first-order chi connectivity index (χ1) is 8.13. The van der Waals surface area contributed by atoms with E-state index in [0.717, 1.165) is 0 Å². The molecular formula is C10H18O5S2. The Bertz CT molecular complexity index is 235. The predicted molar refractivity (Wildman–Crippen MR) is 69.5 cm³/mol. The smallest absolute Gasteiger partial charge is 0.316 e. The van der Waals surface area contributed by atoms with Crippen molar-refractivity contribution in [1.82, 2.24) is 0 Å². The molecule has 0 saturated heterocycles. The molecule has 0 aliphatic carbocycles. The van der Waals surface area contributed by atoms with Gasteiger partial charge in [0.2, 0.25) is 0 Å². The van der Waals surface area contributed by atoms with Gasteiger partial charge in [-0.25, -0.2) is 0 Å². The fourth-order valence-electron chi connectivity index (χ4n) is 1.11. The molecule has 0 rings (SSSR count). The van der Waals surface area contributed by atoms with Crippen molar-refractivity contribution in [3.05, 3.63) is 0 Å². The third kappa shape index (κ3) is 9.31. The molecule has 100 valence electrons. The standard InChI is InChI=1S/C10H18O5S2/c11-4-2-1-3-8(15-10(13)7-17)5-14-9(12)6-16/h8,11,16-17H,1-7H2. The van der Waals surface area contributed by atoms with Crippen LogP contribution in [0.4, 0.5) is 0 Å². The van der Waals surface area contributed by atoms with E-state index in [1.807, 2.05) is 0 Å². The average molecular weight is 282 g/mol. The van der Waals surface area contributed by atoms with Gasteiger partial charge in [-0.15, -0.1) is 0 Å². The summed E-state index contributed by atoms with van der Waals surface area (Å²) >= 11 is 7.56. The molecule has 7 heteroatoms. The topological polar surface area (TPSA) is 72.8 Å². The molecule has 1 N–H and O–H groups in total. The fraction of sp³-hybridized carbons (Fsp3) is 0.800. The zero-order valence-electron chi connectivity index (χ0n) is 9.50. The maximum atomic E-state index is 11.1. The average Bonchev–Trinajstić information content (AvgIpc) is 2.35. The highest BCUT2D eigenvalue weighted by molar-refractivity contribution is 7.81.